The fourth-order valence-electron chi connectivity index (χ4n) is 3.39. The second-order valence-electron chi connectivity index (χ2n) is 7.16. The fourth-order valence-corrected chi connectivity index (χ4v) is 4.27. The molecule has 0 spiro atoms. The lowest BCUT2D eigenvalue weighted by atomic mass is 10.2. The molecule has 0 amide bonds. The zero-order valence-electron chi connectivity index (χ0n) is 16.7. The Kier molecular flexibility index (Phi) is 5.88. The van der Waals surface area contributed by atoms with Crippen molar-refractivity contribution in [3.05, 3.63) is 66.0 Å². The van der Waals surface area contributed by atoms with E-state index in [9.17, 15) is 4.39 Å². The predicted octanol–water partition coefficient (Wildman–Crippen LogP) is 3.94. The Balaban J connectivity index is 1.35. The van der Waals surface area contributed by atoms with E-state index < -0.39 is 0 Å². The molecule has 7 nitrogen and oxygen atoms in total. The van der Waals surface area contributed by atoms with Gasteiger partial charge in [0.05, 0.1) is 31.0 Å². The number of nitrogens with zero attached hydrogens (tertiary/aromatic N) is 5. The van der Waals surface area contributed by atoms with Gasteiger partial charge in [0.1, 0.15) is 16.7 Å². The molecule has 0 atom stereocenters. The first-order valence-electron chi connectivity index (χ1n) is 10.0. The smallest absolute Gasteiger partial charge is 0.257 e. The summed E-state index contributed by atoms with van der Waals surface area (Å²) in [6.45, 7) is 3.94. The zero-order chi connectivity index (χ0) is 21.0. The molecule has 5 rings (SSSR count). The molecule has 0 N–H and O–H groups in total. The minimum Gasteiger partial charge on any atom is -0.379 e. The third-order valence-corrected chi connectivity index (χ3v) is 5.97. The van der Waals surface area contributed by atoms with Crippen LogP contribution >= 0.6 is 11.8 Å². The Bertz CT molecular complexity index is 1180. The molecule has 31 heavy (non-hydrogen) atoms. The van der Waals surface area contributed by atoms with Crippen LogP contribution in [0, 0.1) is 5.82 Å². The lowest BCUT2D eigenvalue weighted by Gasteiger charge is -2.25. The number of hydrogen-bond acceptors (Lipinski definition) is 8. The normalized spacial score (nSPS) is 14.9. The minimum atomic E-state index is -0.303. The number of ether oxygens (including phenoxy) is 1. The molecule has 2 aromatic heterocycles. The molecule has 0 radical (unpaired) electrons. The number of para-hydroxylation sites is 1. The molecular weight excluding hydrogens is 417 g/mol. The molecule has 0 aliphatic carbocycles. The van der Waals surface area contributed by atoms with Gasteiger partial charge in [-0.15, -0.1) is 0 Å². The quantitative estimate of drug-likeness (QED) is 0.332. The number of aromatic nitrogens is 4. The Morgan fingerprint density at radius 1 is 0.935 bits per heavy atom. The van der Waals surface area contributed by atoms with Crippen molar-refractivity contribution >= 4 is 22.7 Å². The lowest BCUT2D eigenvalue weighted by Crippen LogP contribution is -2.36. The van der Waals surface area contributed by atoms with Gasteiger partial charge in [0.2, 0.25) is 0 Å². The van der Waals surface area contributed by atoms with Gasteiger partial charge in [0, 0.05) is 24.0 Å². The Hall–Kier alpha value is -2.88. The molecule has 1 aliphatic heterocycles. The number of benzene rings is 2. The first-order valence-corrected chi connectivity index (χ1v) is 11.0. The van der Waals surface area contributed by atoms with Crippen molar-refractivity contribution in [3.63, 3.8) is 0 Å². The van der Waals surface area contributed by atoms with Crippen LogP contribution in [0.1, 0.15) is 11.6 Å². The average molecular weight is 438 g/mol. The maximum Gasteiger partial charge on any atom is 0.257 e. The Labute approximate surface area is 182 Å². The SMILES string of the molecule is Fc1ccc(-c2nc(CSc3nc(CN4CCOCC4)nc4ccccc34)no2)cc1. The Morgan fingerprint density at radius 3 is 2.58 bits per heavy atom. The molecule has 3 heterocycles. The van der Waals surface area contributed by atoms with E-state index in [2.05, 4.69) is 15.0 Å². The van der Waals surface area contributed by atoms with E-state index in [0.717, 1.165) is 48.1 Å². The van der Waals surface area contributed by atoms with Crippen molar-refractivity contribution in [2.75, 3.05) is 26.3 Å². The number of hydrogen-bond donors (Lipinski definition) is 0. The standard InChI is InChI=1S/C22H20FN5O2S/c23-16-7-5-15(6-8-16)21-25-20(27-30-21)14-31-22-17-3-1-2-4-18(17)24-19(26-22)13-28-9-11-29-12-10-28/h1-8H,9-14H2. The first-order chi connectivity index (χ1) is 15.2. The van der Waals surface area contributed by atoms with Gasteiger partial charge in [0.15, 0.2) is 5.82 Å². The first kappa shape index (κ1) is 20.0. The van der Waals surface area contributed by atoms with Crippen LogP contribution in [0.15, 0.2) is 58.1 Å². The van der Waals surface area contributed by atoms with E-state index in [0.29, 0.717) is 29.6 Å². The monoisotopic (exact) mass is 437 g/mol. The van der Waals surface area contributed by atoms with Gasteiger partial charge in [-0.05, 0) is 30.3 Å². The summed E-state index contributed by atoms with van der Waals surface area (Å²) in [7, 11) is 0. The summed E-state index contributed by atoms with van der Waals surface area (Å²) in [6, 6.07) is 14.0. The molecule has 9 heteroatoms. The summed E-state index contributed by atoms with van der Waals surface area (Å²) in [4.78, 5) is 16.3. The third kappa shape index (κ3) is 4.73. The zero-order valence-corrected chi connectivity index (χ0v) is 17.5. The van der Waals surface area contributed by atoms with Crippen LogP contribution in [-0.2, 0) is 17.0 Å². The van der Waals surface area contributed by atoms with Gasteiger partial charge in [0.25, 0.3) is 5.89 Å². The maximum atomic E-state index is 13.1. The lowest BCUT2D eigenvalue weighted by molar-refractivity contribution is 0.0330. The highest BCUT2D eigenvalue weighted by Gasteiger charge is 2.16. The van der Waals surface area contributed by atoms with Crippen LogP contribution in [0.4, 0.5) is 4.39 Å². The molecule has 2 aromatic carbocycles. The highest BCUT2D eigenvalue weighted by Crippen LogP contribution is 2.28. The van der Waals surface area contributed by atoms with Crippen molar-refractivity contribution in [1.29, 1.82) is 0 Å². The van der Waals surface area contributed by atoms with Gasteiger partial charge in [-0.1, -0.05) is 35.1 Å². The second-order valence-corrected chi connectivity index (χ2v) is 8.13. The van der Waals surface area contributed by atoms with Crippen molar-refractivity contribution in [3.8, 4) is 11.5 Å². The molecule has 158 valence electrons. The van der Waals surface area contributed by atoms with Crippen molar-refractivity contribution in [2.45, 2.75) is 17.3 Å². The van der Waals surface area contributed by atoms with Gasteiger partial charge in [-0.2, -0.15) is 4.98 Å². The third-order valence-electron chi connectivity index (χ3n) is 4.98. The summed E-state index contributed by atoms with van der Waals surface area (Å²) in [5.41, 5.74) is 1.61. The molecule has 4 aromatic rings. The highest BCUT2D eigenvalue weighted by molar-refractivity contribution is 7.98. The second kappa shape index (κ2) is 9.09. The van der Waals surface area contributed by atoms with Gasteiger partial charge >= 0.3 is 0 Å². The topological polar surface area (TPSA) is 77.2 Å². The van der Waals surface area contributed by atoms with Crippen LogP contribution in [0.25, 0.3) is 22.4 Å². The summed E-state index contributed by atoms with van der Waals surface area (Å²) in [5, 5.41) is 5.95. The molecule has 1 fully saturated rings. The maximum absolute atomic E-state index is 13.1. The minimum absolute atomic E-state index is 0.303. The van der Waals surface area contributed by atoms with E-state index in [1.54, 1.807) is 23.9 Å². The number of thioether (sulfide) groups is 1. The molecule has 1 saturated heterocycles. The van der Waals surface area contributed by atoms with Crippen LogP contribution in [0.5, 0.6) is 0 Å². The molecule has 0 unspecified atom stereocenters. The summed E-state index contributed by atoms with van der Waals surface area (Å²) in [5.74, 6) is 1.92. The largest absolute Gasteiger partial charge is 0.379 e. The van der Waals surface area contributed by atoms with E-state index in [1.807, 2.05) is 24.3 Å². The number of fused-ring (bicyclic) bond motifs is 1. The number of halogens is 1. The van der Waals surface area contributed by atoms with Crippen LogP contribution in [0.3, 0.4) is 0 Å². The van der Waals surface area contributed by atoms with Gasteiger partial charge in [-0.25, -0.2) is 14.4 Å². The van der Waals surface area contributed by atoms with Crippen LogP contribution < -0.4 is 0 Å². The van der Waals surface area contributed by atoms with Gasteiger partial charge < -0.3 is 9.26 Å². The van der Waals surface area contributed by atoms with E-state index in [4.69, 9.17) is 19.2 Å². The van der Waals surface area contributed by atoms with Crippen LogP contribution in [0.2, 0.25) is 0 Å². The Morgan fingerprint density at radius 2 is 1.74 bits per heavy atom. The predicted molar refractivity (Wildman–Crippen MR) is 115 cm³/mol. The molecule has 0 saturated carbocycles. The van der Waals surface area contributed by atoms with Crippen molar-refractivity contribution < 1.29 is 13.7 Å². The molecule has 1 aliphatic rings. The highest BCUT2D eigenvalue weighted by atomic mass is 32.2. The summed E-state index contributed by atoms with van der Waals surface area (Å²) < 4.78 is 23.9. The molecular formula is C22H20FN5O2S. The molecule has 0 bridgehead atoms. The fraction of sp³-hybridized carbons (Fsp3) is 0.273. The van der Waals surface area contributed by atoms with Crippen molar-refractivity contribution in [1.82, 2.24) is 25.0 Å². The van der Waals surface area contributed by atoms with E-state index >= 15 is 0 Å². The number of morpholine rings is 1. The summed E-state index contributed by atoms with van der Waals surface area (Å²) >= 11 is 1.55. The van der Waals surface area contributed by atoms with E-state index in [-0.39, 0.29) is 5.82 Å². The van der Waals surface area contributed by atoms with Crippen molar-refractivity contribution in [2.24, 2.45) is 0 Å². The average Bonchev–Trinajstić information content (AvgIpc) is 3.28. The summed E-state index contributed by atoms with van der Waals surface area (Å²) in [6.07, 6.45) is 0. The van der Waals surface area contributed by atoms with Gasteiger partial charge in [-0.3, -0.25) is 4.90 Å². The van der Waals surface area contributed by atoms with Crippen LogP contribution in [-0.4, -0.2) is 51.3 Å². The van der Waals surface area contributed by atoms with E-state index in [1.165, 1.54) is 12.1 Å². The number of rotatable bonds is 6.